The van der Waals surface area contributed by atoms with Crippen LogP contribution in [0, 0.1) is 0 Å². The number of nitrogens with zero attached hydrogens (tertiary/aromatic N) is 1. The minimum absolute atomic E-state index is 0.319. The standard InChI is InChI=1S/C15H24N2O2/c1-19-15-7-5-13(6-8-15)16-11-14(18)12-17-9-3-2-4-10-17/h5-8,14,16,18H,2-4,9-12H2,1H3/t14-/m1/s1. The van der Waals surface area contributed by atoms with Gasteiger partial charge in [0, 0.05) is 18.8 Å². The summed E-state index contributed by atoms with van der Waals surface area (Å²) in [4.78, 5) is 2.35. The van der Waals surface area contributed by atoms with Crippen molar-refractivity contribution in [3.8, 4) is 5.75 Å². The second-order valence-electron chi connectivity index (χ2n) is 5.12. The van der Waals surface area contributed by atoms with Gasteiger partial charge in [0.25, 0.3) is 0 Å². The van der Waals surface area contributed by atoms with Crippen LogP contribution >= 0.6 is 0 Å². The molecule has 1 aliphatic heterocycles. The van der Waals surface area contributed by atoms with Crippen molar-refractivity contribution in [1.82, 2.24) is 4.90 Å². The number of nitrogens with one attached hydrogen (secondary N) is 1. The van der Waals surface area contributed by atoms with Crippen LogP contribution in [0.4, 0.5) is 5.69 Å². The Bertz CT molecular complexity index is 361. The van der Waals surface area contributed by atoms with E-state index >= 15 is 0 Å². The average molecular weight is 264 g/mol. The zero-order valence-corrected chi connectivity index (χ0v) is 11.6. The number of anilines is 1. The van der Waals surface area contributed by atoms with Gasteiger partial charge in [-0.3, -0.25) is 0 Å². The summed E-state index contributed by atoms with van der Waals surface area (Å²) in [5, 5.41) is 13.3. The Morgan fingerprint density at radius 2 is 1.89 bits per heavy atom. The van der Waals surface area contributed by atoms with E-state index in [0.29, 0.717) is 6.54 Å². The molecular weight excluding hydrogens is 240 g/mol. The van der Waals surface area contributed by atoms with Crippen LogP contribution < -0.4 is 10.1 Å². The molecule has 1 aromatic carbocycles. The number of β-amino-alcohol motifs (C(OH)–C–C–N with tert-alkyl or cyclic N) is 1. The first-order valence-corrected chi connectivity index (χ1v) is 7.06. The van der Waals surface area contributed by atoms with Crippen LogP contribution in [0.3, 0.4) is 0 Å². The normalized spacial score (nSPS) is 18.0. The molecule has 4 nitrogen and oxygen atoms in total. The molecule has 4 heteroatoms. The first-order chi connectivity index (χ1) is 9.28. The van der Waals surface area contributed by atoms with Crippen molar-refractivity contribution in [3.63, 3.8) is 0 Å². The molecular formula is C15H24N2O2. The molecule has 1 heterocycles. The topological polar surface area (TPSA) is 44.7 Å². The fraction of sp³-hybridized carbons (Fsp3) is 0.600. The van der Waals surface area contributed by atoms with Crippen LogP contribution in [-0.2, 0) is 0 Å². The van der Waals surface area contributed by atoms with E-state index in [9.17, 15) is 5.11 Å². The van der Waals surface area contributed by atoms with E-state index in [0.717, 1.165) is 31.1 Å². The molecule has 0 aromatic heterocycles. The number of ether oxygens (including phenoxy) is 1. The molecule has 1 aromatic rings. The summed E-state index contributed by atoms with van der Waals surface area (Å²) in [6.07, 6.45) is 3.54. The van der Waals surface area contributed by atoms with Crippen molar-refractivity contribution in [1.29, 1.82) is 0 Å². The van der Waals surface area contributed by atoms with Gasteiger partial charge in [0.05, 0.1) is 13.2 Å². The molecule has 1 atom stereocenters. The van der Waals surface area contributed by atoms with Gasteiger partial charge in [-0.2, -0.15) is 0 Å². The maximum Gasteiger partial charge on any atom is 0.119 e. The van der Waals surface area contributed by atoms with Gasteiger partial charge in [-0.15, -0.1) is 0 Å². The summed E-state index contributed by atoms with van der Waals surface area (Å²) in [6.45, 7) is 3.60. The molecule has 0 aliphatic carbocycles. The molecule has 0 saturated carbocycles. The predicted molar refractivity (Wildman–Crippen MR) is 77.8 cm³/mol. The minimum atomic E-state index is -0.319. The number of likely N-dealkylation sites (tertiary alicyclic amines) is 1. The van der Waals surface area contributed by atoms with E-state index in [1.54, 1.807) is 7.11 Å². The summed E-state index contributed by atoms with van der Waals surface area (Å²) in [5.74, 6) is 0.847. The lowest BCUT2D eigenvalue weighted by atomic mass is 10.1. The van der Waals surface area contributed by atoms with Crippen molar-refractivity contribution >= 4 is 5.69 Å². The lowest BCUT2D eigenvalue weighted by Gasteiger charge is -2.28. The molecule has 0 radical (unpaired) electrons. The summed E-state index contributed by atoms with van der Waals surface area (Å²) in [5.41, 5.74) is 1.01. The van der Waals surface area contributed by atoms with Crippen LogP contribution in [-0.4, -0.2) is 49.4 Å². The van der Waals surface area contributed by atoms with Gasteiger partial charge < -0.3 is 20.1 Å². The molecule has 2 rings (SSSR count). The fourth-order valence-corrected chi connectivity index (χ4v) is 2.45. The van der Waals surface area contributed by atoms with Crippen LogP contribution in [0.2, 0.25) is 0 Å². The van der Waals surface area contributed by atoms with Gasteiger partial charge >= 0.3 is 0 Å². The molecule has 1 saturated heterocycles. The predicted octanol–water partition coefficient (Wildman–Crippen LogP) is 1.95. The smallest absolute Gasteiger partial charge is 0.119 e. The number of hydrogen-bond acceptors (Lipinski definition) is 4. The first kappa shape index (κ1) is 14.2. The molecule has 0 unspecified atom stereocenters. The van der Waals surface area contributed by atoms with Crippen LogP contribution in [0.15, 0.2) is 24.3 Å². The maximum atomic E-state index is 10.0. The third-order valence-electron chi connectivity index (χ3n) is 3.55. The number of aliphatic hydroxyl groups is 1. The molecule has 19 heavy (non-hydrogen) atoms. The van der Waals surface area contributed by atoms with Crippen molar-refractivity contribution in [3.05, 3.63) is 24.3 Å². The van der Waals surface area contributed by atoms with E-state index < -0.39 is 0 Å². The van der Waals surface area contributed by atoms with E-state index in [4.69, 9.17) is 4.74 Å². The number of hydrogen-bond donors (Lipinski definition) is 2. The van der Waals surface area contributed by atoms with Crippen LogP contribution in [0.25, 0.3) is 0 Å². The Kier molecular flexibility index (Phi) is 5.48. The highest BCUT2D eigenvalue weighted by Crippen LogP contribution is 2.15. The van der Waals surface area contributed by atoms with Crippen LogP contribution in [0.1, 0.15) is 19.3 Å². The summed E-state index contributed by atoms with van der Waals surface area (Å²) in [7, 11) is 1.66. The Hall–Kier alpha value is -1.26. The van der Waals surface area contributed by atoms with Gasteiger partial charge in [-0.25, -0.2) is 0 Å². The largest absolute Gasteiger partial charge is 0.497 e. The summed E-state index contributed by atoms with van der Waals surface area (Å²) in [6, 6.07) is 7.76. The maximum absolute atomic E-state index is 10.0. The Morgan fingerprint density at radius 1 is 1.21 bits per heavy atom. The monoisotopic (exact) mass is 264 g/mol. The number of aliphatic hydroxyl groups excluding tert-OH is 1. The third kappa shape index (κ3) is 4.73. The van der Waals surface area contributed by atoms with Gasteiger partial charge in [0.15, 0.2) is 0 Å². The Labute approximate surface area is 115 Å². The van der Waals surface area contributed by atoms with Crippen molar-refractivity contribution in [2.45, 2.75) is 25.4 Å². The van der Waals surface area contributed by atoms with Gasteiger partial charge in [0.1, 0.15) is 5.75 Å². The molecule has 106 valence electrons. The first-order valence-electron chi connectivity index (χ1n) is 7.06. The highest BCUT2D eigenvalue weighted by atomic mass is 16.5. The lowest BCUT2D eigenvalue weighted by molar-refractivity contribution is 0.110. The Balaban J connectivity index is 1.71. The van der Waals surface area contributed by atoms with Crippen molar-refractivity contribution < 1.29 is 9.84 Å². The summed E-state index contributed by atoms with van der Waals surface area (Å²) >= 11 is 0. The third-order valence-corrected chi connectivity index (χ3v) is 3.55. The number of piperidine rings is 1. The second-order valence-corrected chi connectivity index (χ2v) is 5.12. The quantitative estimate of drug-likeness (QED) is 0.824. The average Bonchev–Trinajstić information content (AvgIpc) is 2.47. The number of rotatable bonds is 6. The molecule has 0 spiro atoms. The lowest BCUT2D eigenvalue weighted by Crippen LogP contribution is -2.39. The molecule has 1 fully saturated rings. The minimum Gasteiger partial charge on any atom is -0.497 e. The molecule has 0 bridgehead atoms. The highest BCUT2D eigenvalue weighted by molar-refractivity contribution is 5.46. The van der Waals surface area contributed by atoms with Gasteiger partial charge in [-0.05, 0) is 50.2 Å². The Morgan fingerprint density at radius 3 is 2.53 bits per heavy atom. The highest BCUT2D eigenvalue weighted by Gasteiger charge is 2.14. The van der Waals surface area contributed by atoms with Gasteiger partial charge in [0.2, 0.25) is 0 Å². The fourth-order valence-electron chi connectivity index (χ4n) is 2.45. The van der Waals surface area contributed by atoms with E-state index in [1.165, 1.54) is 19.3 Å². The zero-order valence-electron chi connectivity index (χ0n) is 11.6. The van der Waals surface area contributed by atoms with Gasteiger partial charge in [-0.1, -0.05) is 6.42 Å². The second kappa shape index (κ2) is 7.36. The summed E-state index contributed by atoms with van der Waals surface area (Å²) < 4.78 is 5.11. The van der Waals surface area contributed by atoms with Crippen molar-refractivity contribution in [2.75, 3.05) is 38.6 Å². The zero-order chi connectivity index (χ0) is 13.5. The van der Waals surface area contributed by atoms with E-state index in [2.05, 4.69) is 10.2 Å². The number of benzene rings is 1. The molecule has 2 N–H and O–H groups in total. The SMILES string of the molecule is COc1ccc(NC[C@@H](O)CN2CCCCC2)cc1. The van der Waals surface area contributed by atoms with E-state index in [-0.39, 0.29) is 6.10 Å². The van der Waals surface area contributed by atoms with Crippen LogP contribution in [0.5, 0.6) is 5.75 Å². The molecule has 0 amide bonds. The van der Waals surface area contributed by atoms with E-state index in [1.807, 2.05) is 24.3 Å². The number of methoxy groups -OCH3 is 1. The molecule has 1 aliphatic rings. The van der Waals surface area contributed by atoms with Crippen molar-refractivity contribution in [2.24, 2.45) is 0 Å².